The lowest BCUT2D eigenvalue weighted by Gasteiger charge is -2.28. The maximum absolute atomic E-state index is 2.40. The van der Waals surface area contributed by atoms with E-state index in [1.54, 1.807) is 0 Å². The lowest BCUT2D eigenvalue weighted by Crippen LogP contribution is -2.27. The van der Waals surface area contributed by atoms with Gasteiger partial charge in [-0.1, -0.05) is 88.6 Å². The summed E-state index contributed by atoms with van der Waals surface area (Å²) in [5.74, 6) is 0. The molecule has 0 N–H and O–H groups in total. The minimum Gasteiger partial charge on any atom is -0.0866 e. The Labute approximate surface area is 102 Å². The molecule has 0 fully saturated rings. The van der Waals surface area contributed by atoms with E-state index in [1.807, 2.05) is 11.1 Å². The molecule has 88 valence electrons. The summed E-state index contributed by atoms with van der Waals surface area (Å²) in [6.45, 7) is 16.3. The molecule has 0 radical (unpaired) electrons. The highest BCUT2D eigenvalue weighted by molar-refractivity contribution is 6.69. The van der Waals surface area contributed by atoms with Crippen LogP contribution in [0, 0.1) is 0 Å². The molecular formula is C14H26B2. The van der Waals surface area contributed by atoms with Gasteiger partial charge in [-0.2, -0.15) is 0 Å². The van der Waals surface area contributed by atoms with Gasteiger partial charge < -0.3 is 0 Å². The fraction of sp³-hybridized carbons (Fsp3) is 0.857. The first kappa shape index (κ1) is 12.3. The van der Waals surface area contributed by atoms with E-state index in [1.165, 1.54) is 25.3 Å². The molecule has 2 rings (SSSR count). The number of rotatable bonds is 0. The van der Waals surface area contributed by atoms with Crippen molar-refractivity contribution in [1.82, 2.24) is 0 Å². The molecule has 0 atom stereocenters. The third-order valence-corrected chi connectivity index (χ3v) is 4.92. The van der Waals surface area contributed by atoms with Crippen LogP contribution >= 0.6 is 0 Å². The Bertz CT molecular complexity index is 267. The van der Waals surface area contributed by atoms with Gasteiger partial charge in [0.25, 0.3) is 0 Å². The normalized spacial score (nSPS) is 22.1. The summed E-state index contributed by atoms with van der Waals surface area (Å²) < 4.78 is 0. The van der Waals surface area contributed by atoms with Crippen LogP contribution in [-0.4, -0.2) is 13.4 Å². The van der Waals surface area contributed by atoms with Crippen molar-refractivity contribution in [3.8, 4) is 0 Å². The molecule has 0 saturated carbocycles. The minimum absolute atomic E-state index is 0.502. The van der Waals surface area contributed by atoms with Crippen molar-refractivity contribution in [3.05, 3.63) is 11.1 Å². The standard InChI is InChI=1S/C14H26B2/c1-13(2,3)15-7-11-9-16(14(4,5)6)10-12(11)8-15/h7-10H2,1-6H3. The quantitative estimate of drug-likeness (QED) is 0.399. The number of allylic oxidation sites excluding steroid dienone is 2. The van der Waals surface area contributed by atoms with Gasteiger partial charge in [-0.25, -0.2) is 0 Å². The molecule has 0 spiro atoms. The Kier molecular flexibility index (Phi) is 2.84. The Morgan fingerprint density at radius 2 is 0.875 bits per heavy atom. The summed E-state index contributed by atoms with van der Waals surface area (Å²) in [5.41, 5.74) is 3.67. The molecule has 0 nitrogen and oxygen atoms in total. The summed E-state index contributed by atoms with van der Waals surface area (Å²) >= 11 is 0. The summed E-state index contributed by atoms with van der Waals surface area (Å²) in [6.07, 6.45) is 5.58. The maximum atomic E-state index is 2.40. The molecule has 16 heavy (non-hydrogen) atoms. The highest BCUT2D eigenvalue weighted by Crippen LogP contribution is 2.51. The van der Waals surface area contributed by atoms with Crippen LogP contribution in [0.15, 0.2) is 11.1 Å². The van der Waals surface area contributed by atoms with E-state index < -0.39 is 0 Å². The minimum atomic E-state index is 0.502. The van der Waals surface area contributed by atoms with E-state index in [0.29, 0.717) is 10.6 Å². The Morgan fingerprint density at radius 1 is 0.625 bits per heavy atom. The van der Waals surface area contributed by atoms with Crippen LogP contribution in [0.4, 0.5) is 0 Å². The third-order valence-electron chi connectivity index (χ3n) is 4.92. The van der Waals surface area contributed by atoms with Gasteiger partial charge >= 0.3 is 0 Å². The molecular weight excluding hydrogens is 190 g/mol. The first-order valence-electron chi connectivity index (χ1n) is 6.87. The van der Waals surface area contributed by atoms with Gasteiger partial charge in [-0.3, -0.25) is 0 Å². The molecule has 0 aromatic carbocycles. The molecule has 2 aliphatic rings. The van der Waals surface area contributed by atoms with Crippen molar-refractivity contribution in [2.24, 2.45) is 0 Å². The van der Waals surface area contributed by atoms with E-state index in [4.69, 9.17) is 0 Å². The number of hydrogen-bond acceptors (Lipinski definition) is 0. The van der Waals surface area contributed by atoms with Gasteiger partial charge in [-0.05, 0) is 0 Å². The monoisotopic (exact) mass is 216 g/mol. The molecule has 2 heterocycles. The van der Waals surface area contributed by atoms with Crippen LogP contribution in [0.25, 0.3) is 0 Å². The summed E-state index contributed by atoms with van der Waals surface area (Å²) in [7, 11) is 0. The van der Waals surface area contributed by atoms with E-state index in [-0.39, 0.29) is 0 Å². The lowest BCUT2D eigenvalue weighted by atomic mass is 9.28. The second-order valence-electron chi connectivity index (χ2n) is 8.15. The largest absolute Gasteiger partial charge is 0.153 e. The average Bonchev–Trinajstić information content (AvgIpc) is 2.53. The molecule has 0 saturated heterocycles. The summed E-state index contributed by atoms with van der Waals surface area (Å²) in [4.78, 5) is 0. The predicted molar refractivity (Wildman–Crippen MR) is 77.2 cm³/mol. The Hall–Kier alpha value is -0.130. The molecule has 0 bridgehead atoms. The van der Waals surface area contributed by atoms with Crippen LogP contribution in [0.3, 0.4) is 0 Å². The maximum Gasteiger partial charge on any atom is 0.153 e. The van der Waals surface area contributed by atoms with Gasteiger partial charge in [-0.15, -0.1) is 0 Å². The highest BCUT2D eigenvalue weighted by atomic mass is 14.2. The van der Waals surface area contributed by atoms with Crippen LogP contribution in [-0.2, 0) is 0 Å². The Balaban J connectivity index is 1.99. The highest BCUT2D eigenvalue weighted by Gasteiger charge is 2.43. The van der Waals surface area contributed by atoms with Crippen molar-refractivity contribution < 1.29 is 0 Å². The van der Waals surface area contributed by atoms with Crippen LogP contribution < -0.4 is 0 Å². The van der Waals surface area contributed by atoms with Crippen molar-refractivity contribution in [1.29, 1.82) is 0 Å². The van der Waals surface area contributed by atoms with Gasteiger partial charge in [0, 0.05) is 0 Å². The average molecular weight is 216 g/mol. The molecule has 2 aliphatic heterocycles. The zero-order valence-corrected chi connectivity index (χ0v) is 12.0. The fourth-order valence-electron chi connectivity index (χ4n) is 3.30. The molecule has 2 heteroatoms. The van der Waals surface area contributed by atoms with Gasteiger partial charge in [0.15, 0.2) is 13.4 Å². The second kappa shape index (κ2) is 3.68. The van der Waals surface area contributed by atoms with E-state index >= 15 is 0 Å². The third kappa shape index (κ3) is 2.26. The zero-order chi connectivity index (χ0) is 12.1. The van der Waals surface area contributed by atoms with Crippen LogP contribution in [0.2, 0.25) is 35.9 Å². The molecule has 0 aliphatic carbocycles. The van der Waals surface area contributed by atoms with E-state index in [0.717, 1.165) is 13.4 Å². The molecule has 0 amide bonds. The number of hydrogen-bond donors (Lipinski definition) is 0. The molecule has 0 aromatic rings. The van der Waals surface area contributed by atoms with Crippen molar-refractivity contribution in [2.75, 3.05) is 0 Å². The Morgan fingerprint density at radius 3 is 1.06 bits per heavy atom. The van der Waals surface area contributed by atoms with Crippen LogP contribution in [0.5, 0.6) is 0 Å². The van der Waals surface area contributed by atoms with Crippen molar-refractivity contribution >= 4 is 13.4 Å². The topological polar surface area (TPSA) is 0 Å². The van der Waals surface area contributed by atoms with Crippen molar-refractivity contribution in [2.45, 2.75) is 77.5 Å². The van der Waals surface area contributed by atoms with Gasteiger partial charge in [0.05, 0.1) is 0 Å². The zero-order valence-electron chi connectivity index (χ0n) is 12.0. The molecule has 0 aromatic heterocycles. The van der Waals surface area contributed by atoms with E-state index in [9.17, 15) is 0 Å². The van der Waals surface area contributed by atoms with E-state index in [2.05, 4.69) is 41.5 Å². The summed E-state index contributed by atoms with van der Waals surface area (Å²) in [5, 5.41) is 1.00. The van der Waals surface area contributed by atoms with Crippen LogP contribution in [0.1, 0.15) is 41.5 Å². The van der Waals surface area contributed by atoms with Gasteiger partial charge in [0.2, 0.25) is 0 Å². The van der Waals surface area contributed by atoms with Crippen molar-refractivity contribution in [3.63, 3.8) is 0 Å². The molecule has 0 unspecified atom stereocenters. The second-order valence-corrected chi connectivity index (χ2v) is 8.15. The smallest absolute Gasteiger partial charge is 0.0866 e. The first-order valence-corrected chi connectivity index (χ1v) is 6.87. The fourth-order valence-corrected chi connectivity index (χ4v) is 3.30. The van der Waals surface area contributed by atoms with Gasteiger partial charge in [0.1, 0.15) is 0 Å². The predicted octanol–water partition coefficient (Wildman–Crippen LogP) is 4.90. The summed E-state index contributed by atoms with van der Waals surface area (Å²) in [6, 6.07) is 0. The first-order chi connectivity index (χ1) is 7.18. The SMILES string of the molecule is CC(C)(C)B1CC2=C(C1)CB(C(C)(C)C)C2. The lowest BCUT2D eigenvalue weighted by molar-refractivity contribution is 0.728.